The molecule has 0 fully saturated rings. The number of aryl methyl sites for hydroxylation is 1. The lowest BCUT2D eigenvalue weighted by atomic mass is 10.1. The first kappa shape index (κ1) is 9.78. The van der Waals surface area contributed by atoms with Crippen molar-refractivity contribution in [3.8, 4) is 0 Å². The Hall–Kier alpha value is -1.31. The second-order valence-electron chi connectivity index (χ2n) is 3.33. The molecule has 1 amide bonds. The van der Waals surface area contributed by atoms with Crippen molar-refractivity contribution in [1.82, 2.24) is 5.32 Å². The van der Waals surface area contributed by atoms with Crippen molar-refractivity contribution in [2.24, 2.45) is 0 Å². The molecule has 0 spiro atoms. The van der Waals surface area contributed by atoms with Gasteiger partial charge in [0.1, 0.15) is 0 Å². The third kappa shape index (κ3) is 2.90. The molecule has 1 N–H and O–H groups in total. The number of amides is 1. The minimum Gasteiger partial charge on any atom is -0.350 e. The molecular formula is C11H15NO. The summed E-state index contributed by atoms with van der Waals surface area (Å²) >= 11 is 0. The number of carbonyl (C=O) groups excluding carboxylic acids is 1. The summed E-state index contributed by atoms with van der Waals surface area (Å²) in [5.74, 6) is 0.00748. The van der Waals surface area contributed by atoms with Crippen LogP contribution in [-0.4, -0.2) is 5.91 Å². The Morgan fingerprint density at radius 3 is 2.31 bits per heavy atom. The van der Waals surface area contributed by atoms with Crippen LogP contribution in [0.4, 0.5) is 0 Å². The third-order valence-corrected chi connectivity index (χ3v) is 2.00. The summed E-state index contributed by atoms with van der Waals surface area (Å²) in [5.41, 5.74) is 2.37. The van der Waals surface area contributed by atoms with E-state index in [0.717, 1.165) is 5.56 Å². The second kappa shape index (κ2) is 4.08. The maximum atomic E-state index is 10.8. The second-order valence-corrected chi connectivity index (χ2v) is 3.33. The van der Waals surface area contributed by atoms with E-state index in [2.05, 4.69) is 5.32 Å². The number of hydrogen-bond acceptors (Lipinski definition) is 1. The van der Waals surface area contributed by atoms with Crippen molar-refractivity contribution in [2.75, 3.05) is 0 Å². The maximum Gasteiger partial charge on any atom is 0.217 e. The summed E-state index contributed by atoms with van der Waals surface area (Å²) < 4.78 is 0. The molecule has 70 valence electrons. The molecule has 0 aliphatic heterocycles. The highest BCUT2D eigenvalue weighted by molar-refractivity contribution is 5.73. The van der Waals surface area contributed by atoms with E-state index in [4.69, 9.17) is 0 Å². The van der Waals surface area contributed by atoms with Crippen molar-refractivity contribution in [2.45, 2.75) is 26.8 Å². The lowest BCUT2D eigenvalue weighted by Crippen LogP contribution is -2.23. The largest absolute Gasteiger partial charge is 0.350 e. The number of hydrogen-bond donors (Lipinski definition) is 1. The molecule has 2 heteroatoms. The van der Waals surface area contributed by atoms with E-state index < -0.39 is 0 Å². The smallest absolute Gasteiger partial charge is 0.217 e. The summed E-state index contributed by atoms with van der Waals surface area (Å²) in [6, 6.07) is 8.27. The van der Waals surface area contributed by atoms with Crippen molar-refractivity contribution in [3.05, 3.63) is 35.4 Å². The molecule has 1 aromatic rings. The maximum absolute atomic E-state index is 10.8. The fraction of sp³-hybridized carbons (Fsp3) is 0.364. The summed E-state index contributed by atoms with van der Waals surface area (Å²) in [7, 11) is 0. The van der Waals surface area contributed by atoms with Gasteiger partial charge < -0.3 is 5.32 Å². The van der Waals surface area contributed by atoms with Gasteiger partial charge in [-0.3, -0.25) is 4.79 Å². The minimum absolute atomic E-state index is 0.00748. The van der Waals surface area contributed by atoms with E-state index >= 15 is 0 Å². The highest BCUT2D eigenvalue weighted by Gasteiger charge is 2.04. The molecular weight excluding hydrogens is 162 g/mol. The number of benzene rings is 1. The summed E-state index contributed by atoms with van der Waals surface area (Å²) in [6.45, 7) is 5.56. The fourth-order valence-electron chi connectivity index (χ4n) is 1.24. The molecule has 0 saturated heterocycles. The van der Waals surface area contributed by atoms with Crippen molar-refractivity contribution in [1.29, 1.82) is 0 Å². The molecule has 2 nitrogen and oxygen atoms in total. The van der Waals surface area contributed by atoms with E-state index in [-0.39, 0.29) is 11.9 Å². The van der Waals surface area contributed by atoms with Crippen LogP contribution in [0.1, 0.15) is 31.0 Å². The predicted octanol–water partition coefficient (Wildman–Crippen LogP) is 2.19. The third-order valence-electron chi connectivity index (χ3n) is 2.00. The zero-order valence-electron chi connectivity index (χ0n) is 8.29. The van der Waals surface area contributed by atoms with Crippen LogP contribution in [0.15, 0.2) is 24.3 Å². The molecule has 0 unspecified atom stereocenters. The van der Waals surface area contributed by atoms with Gasteiger partial charge in [0.2, 0.25) is 5.91 Å². The van der Waals surface area contributed by atoms with Crippen LogP contribution in [0, 0.1) is 6.92 Å². The van der Waals surface area contributed by atoms with Gasteiger partial charge in [0.25, 0.3) is 0 Å². The van der Waals surface area contributed by atoms with Gasteiger partial charge in [0.05, 0.1) is 6.04 Å². The molecule has 0 aromatic heterocycles. The Morgan fingerprint density at radius 1 is 1.31 bits per heavy atom. The molecule has 1 rings (SSSR count). The van der Waals surface area contributed by atoms with Crippen LogP contribution in [0.25, 0.3) is 0 Å². The lowest BCUT2D eigenvalue weighted by Gasteiger charge is -2.12. The quantitative estimate of drug-likeness (QED) is 0.737. The highest BCUT2D eigenvalue weighted by atomic mass is 16.1. The molecule has 0 heterocycles. The van der Waals surface area contributed by atoms with Gasteiger partial charge in [-0.2, -0.15) is 0 Å². The average Bonchev–Trinajstić information content (AvgIpc) is 2.04. The Bertz CT molecular complexity index is 289. The van der Waals surface area contributed by atoms with Crippen molar-refractivity contribution >= 4 is 5.91 Å². The number of carbonyl (C=O) groups is 1. The van der Waals surface area contributed by atoms with E-state index in [0.29, 0.717) is 0 Å². The first-order valence-corrected chi connectivity index (χ1v) is 4.43. The van der Waals surface area contributed by atoms with E-state index in [1.807, 2.05) is 38.1 Å². The average molecular weight is 177 g/mol. The van der Waals surface area contributed by atoms with Gasteiger partial charge >= 0.3 is 0 Å². The van der Waals surface area contributed by atoms with Gasteiger partial charge in [-0.15, -0.1) is 0 Å². The topological polar surface area (TPSA) is 29.1 Å². The summed E-state index contributed by atoms with van der Waals surface area (Å²) in [4.78, 5) is 10.8. The monoisotopic (exact) mass is 177 g/mol. The SMILES string of the molecule is CC(=O)N[C@H](C)c1ccc(C)cc1. The Labute approximate surface area is 79.0 Å². The van der Waals surface area contributed by atoms with Crippen LogP contribution < -0.4 is 5.32 Å². The van der Waals surface area contributed by atoms with Crippen molar-refractivity contribution < 1.29 is 4.79 Å². The molecule has 1 aromatic carbocycles. The van der Waals surface area contributed by atoms with Gasteiger partial charge in [-0.05, 0) is 19.4 Å². The normalized spacial score (nSPS) is 12.2. The van der Waals surface area contributed by atoms with Crippen LogP contribution in [0.5, 0.6) is 0 Å². The van der Waals surface area contributed by atoms with E-state index in [9.17, 15) is 4.79 Å². The number of rotatable bonds is 2. The molecule has 1 atom stereocenters. The molecule has 0 aliphatic rings. The molecule has 13 heavy (non-hydrogen) atoms. The van der Waals surface area contributed by atoms with Gasteiger partial charge in [0, 0.05) is 6.92 Å². The minimum atomic E-state index is 0.00748. The van der Waals surface area contributed by atoms with Gasteiger partial charge in [-0.25, -0.2) is 0 Å². The molecule has 0 saturated carbocycles. The zero-order chi connectivity index (χ0) is 9.84. The summed E-state index contributed by atoms with van der Waals surface area (Å²) in [6.07, 6.45) is 0. The van der Waals surface area contributed by atoms with Gasteiger partial charge in [0.15, 0.2) is 0 Å². The molecule has 0 bridgehead atoms. The zero-order valence-corrected chi connectivity index (χ0v) is 8.29. The first-order valence-electron chi connectivity index (χ1n) is 4.43. The van der Waals surface area contributed by atoms with E-state index in [1.165, 1.54) is 12.5 Å². The molecule has 0 radical (unpaired) electrons. The Morgan fingerprint density at radius 2 is 1.85 bits per heavy atom. The van der Waals surface area contributed by atoms with Crippen molar-refractivity contribution in [3.63, 3.8) is 0 Å². The van der Waals surface area contributed by atoms with Crippen LogP contribution in [0.2, 0.25) is 0 Å². The number of nitrogens with one attached hydrogen (secondary N) is 1. The van der Waals surface area contributed by atoms with Crippen LogP contribution in [-0.2, 0) is 4.79 Å². The Kier molecular flexibility index (Phi) is 3.07. The summed E-state index contributed by atoms with van der Waals surface area (Å²) in [5, 5.41) is 2.84. The predicted molar refractivity (Wildman–Crippen MR) is 53.4 cm³/mol. The fourth-order valence-corrected chi connectivity index (χ4v) is 1.24. The van der Waals surface area contributed by atoms with Crippen LogP contribution in [0.3, 0.4) is 0 Å². The van der Waals surface area contributed by atoms with Gasteiger partial charge in [-0.1, -0.05) is 29.8 Å². The van der Waals surface area contributed by atoms with Crippen LogP contribution >= 0.6 is 0 Å². The lowest BCUT2D eigenvalue weighted by molar-refractivity contribution is -0.119. The highest BCUT2D eigenvalue weighted by Crippen LogP contribution is 2.12. The Balaban J connectivity index is 2.71. The molecule has 0 aliphatic carbocycles. The first-order chi connectivity index (χ1) is 6.09. The van der Waals surface area contributed by atoms with E-state index in [1.54, 1.807) is 0 Å². The standard InChI is InChI=1S/C11H15NO/c1-8-4-6-11(7-5-8)9(2)12-10(3)13/h4-7,9H,1-3H3,(H,12,13)/t9-/m1/s1.